The van der Waals surface area contributed by atoms with Gasteiger partial charge in [0.15, 0.2) is 0 Å². The molecule has 5 aromatic carbocycles. The highest BCUT2D eigenvalue weighted by molar-refractivity contribution is 5.57. The molecule has 5 aromatic rings. The molecule has 0 amide bonds. The Hall–Kier alpha value is -6.14. The fourth-order valence-electron chi connectivity index (χ4n) is 6.63. The molecule has 0 saturated heterocycles. The van der Waals surface area contributed by atoms with Gasteiger partial charge < -0.3 is 10.2 Å². The number of rotatable bonds is 16. The van der Waals surface area contributed by atoms with Gasteiger partial charge in [0, 0.05) is 11.8 Å². The van der Waals surface area contributed by atoms with Gasteiger partial charge >= 0.3 is 0 Å². The van der Waals surface area contributed by atoms with Crippen LogP contribution in [0.1, 0.15) is 67.5 Å². The molecule has 0 spiro atoms. The minimum absolute atomic E-state index is 0.210. The minimum atomic E-state index is -0.253. The van der Waals surface area contributed by atoms with Crippen LogP contribution in [0.15, 0.2) is 158 Å². The summed E-state index contributed by atoms with van der Waals surface area (Å²) in [7, 11) is 0. The first kappa shape index (κ1) is 35.2. The van der Waals surface area contributed by atoms with E-state index in [0.29, 0.717) is 37.1 Å². The van der Waals surface area contributed by atoms with Gasteiger partial charge in [-0.25, -0.2) is 0 Å². The number of hydrogen-bond donors (Lipinski definition) is 2. The maximum absolute atomic E-state index is 11.6. The second kappa shape index (κ2) is 16.3. The second-order valence-corrected chi connectivity index (χ2v) is 12.2. The molecular formula is C44H40N2O4. The second-order valence-electron chi connectivity index (χ2n) is 12.2. The number of phenols is 2. The molecular weight excluding hydrogens is 620 g/mol. The van der Waals surface area contributed by atoms with E-state index in [-0.39, 0.29) is 23.3 Å². The molecule has 2 N–H and O–H groups in total. The van der Waals surface area contributed by atoms with Crippen molar-refractivity contribution < 1.29 is 10.2 Å². The summed E-state index contributed by atoms with van der Waals surface area (Å²) in [4.78, 5) is 23.3. The zero-order chi connectivity index (χ0) is 35.6. The summed E-state index contributed by atoms with van der Waals surface area (Å²) in [5.41, 5.74) is 9.72. The predicted molar refractivity (Wildman–Crippen MR) is 204 cm³/mol. The quantitative estimate of drug-likeness (QED) is 0.0625. The summed E-state index contributed by atoms with van der Waals surface area (Å²) in [5.74, 6) is -0.0503. The maximum atomic E-state index is 11.6. The summed E-state index contributed by atoms with van der Waals surface area (Å²) >= 11 is 0. The first-order valence-corrected chi connectivity index (χ1v) is 16.4. The molecule has 0 fully saturated rings. The lowest BCUT2D eigenvalue weighted by Gasteiger charge is -2.24. The number of aromatic hydroxyl groups is 2. The number of nitrogens with zero attached hydrogens (tertiary/aromatic N) is 2. The largest absolute Gasteiger partial charge is 0.508 e. The Labute approximate surface area is 293 Å². The molecule has 0 aliphatic carbocycles. The van der Waals surface area contributed by atoms with Crippen LogP contribution < -0.4 is 0 Å². The van der Waals surface area contributed by atoms with E-state index in [1.165, 1.54) is 0 Å². The highest BCUT2D eigenvalue weighted by atomic mass is 16.3. The van der Waals surface area contributed by atoms with Gasteiger partial charge in [0.1, 0.15) is 22.9 Å². The van der Waals surface area contributed by atoms with Crippen molar-refractivity contribution in [1.82, 2.24) is 0 Å². The summed E-state index contributed by atoms with van der Waals surface area (Å²) in [5, 5.41) is 27.6. The molecule has 0 atom stereocenters. The molecule has 0 unspecified atom stereocenters. The van der Waals surface area contributed by atoms with Crippen molar-refractivity contribution in [2.75, 3.05) is 0 Å². The molecule has 250 valence electrons. The molecule has 0 aliphatic heterocycles. The van der Waals surface area contributed by atoms with E-state index in [2.05, 4.69) is 60.9 Å². The van der Waals surface area contributed by atoms with Gasteiger partial charge in [-0.2, -0.15) is 0 Å². The predicted octanol–water partition coefficient (Wildman–Crippen LogP) is 11.2. The van der Waals surface area contributed by atoms with Crippen molar-refractivity contribution in [2.24, 2.45) is 10.4 Å². The van der Waals surface area contributed by atoms with Crippen LogP contribution in [0.4, 0.5) is 11.4 Å². The van der Waals surface area contributed by atoms with Crippen molar-refractivity contribution in [1.29, 1.82) is 0 Å². The van der Waals surface area contributed by atoms with Gasteiger partial charge in [-0.05, 0) is 116 Å². The third-order valence-corrected chi connectivity index (χ3v) is 9.00. The van der Waals surface area contributed by atoms with E-state index < -0.39 is 0 Å². The van der Waals surface area contributed by atoms with Gasteiger partial charge in [0.25, 0.3) is 0 Å². The number of benzene rings is 5. The minimum Gasteiger partial charge on any atom is -0.508 e. The molecule has 0 radical (unpaired) electrons. The van der Waals surface area contributed by atoms with E-state index in [4.69, 9.17) is 0 Å². The van der Waals surface area contributed by atoms with Gasteiger partial charge in [0.05, 0.1) is 0 Å². The van der Waals surface area contributed by atoms with E-state index in [9.17, 15) is 20.0 Å². The highest BCUT2D eigenvalue weighted by Gasteiger charge is 2.23. The zero-order valence-corrected chi connectivity index (χ0v) is 28.0. The fourth-order valence-corrected chi connectivity index (χ4v) is 6.63. The first-order valence-electron chi connectivity index (χ1n) is 16.4. The molecule has 0 heterocycles. The van der Waals surface area contributed by atoms with Crippen LogP contribution in [-0.2, 0) is 25.7 Å². The first-order chi connectivity index (χ1) is 24.3. The van der Waals surface area contributed by atoms with Gasteiger partial charge in [-0.3, -0.25) is 0 Å². The molecule has 0 aromatic heterocycles. The number of allylic oxidation sites excluding steroid dienone is 4. The third-order valence-electron chi connectivity index (χ3n) is 9.00. The van der Waals surface area contributed by atoms with Crippen LogP contribution in [0.5, 0.6) is 11.5 Å². The number of hydrogen-bond acceptors (Lipinski definition) is 6. The van der Waals surface area contributed by atoms with Crippen molar-refractivity contribution in [3.8, 4) is 11.5 Å². The molecule has 50 heavy (non-hydrogen) atoms. The van der Waals surface area contributed by atoms with E-state index in [1.54, 1.807) is 48.6 Å². The van der Waals surface area contributed by atoms with Crippen LogP contribution in [-0.4, -0.2) is 10.2 Å². The molecule has 0 bridgehead atoms. The van der Waals surface area contributed by atoms with E-state index in [0.717, 1.165) is 55.6 Å². The number of phenolic OH excluding ortho intramolecular Hbond substituents is 2. The fraction of sp³-hybridized carbons (Fsp3) is 0.136. The van der Waals surface area contributed by atoms with Crippen molar-refractivity contribution in [2.45, 2.75) is 37.5 Å². The standard InChI is InChI=1S/C44H40N2O4/c1-5-9-31-25-35(17-21-39(31)45-49)43(36-18-22-40(46-50)32(26-36)10-6-2)29-13-15-30(16-14-29)44(37-19-23-41(47)33(27-37)11-7-3)38-20-24-42(48)34(28-38)12-8-4/h5-8,13-28,43-44,47-48H,1-4,9-12H2. The van der Waals surface area contributed by atoms with Crippen molar-refractivity contribution in [3.05, 3.63) is 213 Å². The highest BCUT2D eigenvalue weighted by Crippen LogP contribution is 2.40. The molecule has 6 nitrogen and oxygen atoms in total. The molecule has 6 heteroatoms. The summed E-state index contributed by atoms with van der Waals surface area (Å²) in [6.45, 7) is 15.4. The SMILES string of the molecule is C=CCc1cc(C(c2ccc(C(c3ccc(N=O)c(CC=C)c3)c3ccc(N=O)c(CC=C)c3)cc2)c2ccc(O)c(CC=C)c2)ccc1O. The molecule has 5 rings (SSSR count). The molecule has 0 aliphatic rings. The summed E-state index contributed by atoms with van der Waals surface area (Å²) in [6.07, 6.45) is 9.03. The summed E-state index contributed by atoms with van der Waals surface area (Å²) in [6, 6.07) is 31.0. The van der Waals surface area contributed by atoms with E-state index in [1.807, 2.05) is 48.5 Å². The zero-order valence-electron chi connectivity index (χ0n) is 28.0. The third kappa shape index (κ3) is 7.61. The van der Waals surface area contributed by atoms with Crippen LogP contribution in [0.3, 0.4) is 0 Å². The molecule has 0 saturated carbocycles. The smallest absolute Gasteiger partial charge is 0.119 e. The van der Waals surface area contributed by atoms with Crippen LogP contribution in [0, 0.1) is 9.81 Å². The Kier molecular flexibility index (Phi) is 11.5. The summed E-state index contributed by atoms with van der Waals surface area (Å²) < 4.78 is 0. The van der Waals surface area contributed by atoms with Gasteiger partial charge in [0.2, 0.25) is 0 Å². The monoisotopic (exact) mass is 660 g/mol. The Morgan fingerprint density at radius 2 is 0.720 bits per heavy atom. The Balaban J connectivity index is 1.69. The topological polar surface area (TPSA) is 99.3 Å². The Morgan fingerprint density at radius 1 is 0.440 bits per heavy atom. The van der Waals surface area contributed by atoms with Crippen LogP contribution in [0.25, 0.3) is 0 Å². The lowest BCUT2D eigenvalue weighted by atomic mass is 9.80. The lowest BCUT2D eigenvalue weighted by molar-refractivity contribution is 0.469. The van der Waals surface area contributed by atoms with Gasteiger partial charge in [-0.1, -0.05) is 97.1 Å². The lowest BCUT2D eigenvalue weighted by Crippen LogP contribution is -2.08. The van der Waals surface area contributed by atoms with E-state index >= 15 is 0 Å². The average molecular weight is 661 g/mol. The van der Waals surface area contributed by atoms with Crippen molar-refractivity contribution >= 4 is 11.4 Å². The van der Waals surface area contributed by atoms with Crippen molar-refractivity contribution in [3.63, 3.8) is 0 Å². The normalized spacial score (nSPS) is 10.9. The Morgan fingerprint density at radius 3 is 1.04 bits per heavy atom. The van der Waals surface area contributed by atoms with Crippen LogP contribution in [0.2, 0.25) is 0 Å². The van der Waals surface area contributed by atoms with Gasteiger partial charge in [-0.15, -0.1) is 36.1 Å². The average Bonchev–Trinajstić information content (AvgIpc) is 3.12. The van der Waals surface area contributed by atoms with Crippen LogP contribution >= 0.6 is 0 Å². The number of nitroso groups, excluding NO2 is 2. The Bertz CT molecular complexity index is 1940. The maximum Gasteiger partial charge on any atom is 0.119 e.